The Labute approximate surface area is 170 Å². The Morgan fingerprint density at radius 2 is 1.31 bits per heavy atom. The van der Waals surface area contributed by atoms with Crippen molar-refractivity contribution in [3.05, 3.63) is 42.0 Å². The molecule has 0 heterocycles. The third-order valence-electron chi connectivity index (χ3n) is 3.73. The monoisotopic (exact) mass is 402 g/mol. The molecule has 2 amide bonds. The number of ether oxygens (including phenoxy) is 4. The summed E-state index contributed by atoms with van der Waals surface area (Å²) in [6, 6.07) is 9.26. The fourth-order valence-corrected chi connectivity index (χ4v) is 2.56. The van der Waals surface area contributed by atoms with Gasteiger partial charge in [-0.15, -0.1) is 0 Å². The molecule has 0 aromatic heterocycles. The number of anilines is 2. The van der Waals surface area contributed by atoms with Crippen LogP contribution in [0.25, 0.3) is 0 Å². The van der Waals surface area contributed by atoms with Crippen molar-refractivity contribution in [3.63, 3.8) is 0 Å². The number of methoxy groups -OCH3 is 1. The van der Waals surface area contributed by atoms with E-state index < -0.39 is 12.0 Å². The Hall–Kier alpha value is -3.42. The zero-order chi connectivity index (χ0) is 21.2. The molecule has 0 fully saturated rings. The lowest BCUT2D eigenvalue weighted by atomic mass is 10.2. The van der Waals surface area contributed by atoms with E-state index in [0.29, 0.717) is 54.0 Å². The molecule has 0 saturated heterocycles. The van der Waals surface area contributed by atoms with Crippen LogP contribution in [0.5, 0.6) is 17.2 Å². The molecule has 0 bridgehead atoms. The maximum Gasteiger partial charge on any atom is 0.337 e. The molecule has 2 rings (SSSR count). The Morgan fingerprint density at radius 3 is 1.79 bits per heavy atom. The summed E-state index contributed by atoms with van der Waals surface area (Å²) in [7, 11) is 1.31. The first-order chi connectivity index (χ1) is 14.0. The topological polar surface area (TPSA) is 95.1 Å². The Morgan fingerprint density at radius 1 is 0.793 bits per heavy atom. The maximum absolute atomic E-state index is 12.4. The Bertz CT molecular complexity index is 809. The van der Waals surface area contributed by atoms with Crippen LogP contribution in [0.1, 0.15) is 31.1 Å². The molecule has 0 aliphatic carbocycles. The fourth-order valence-electron chi connectivity index (χ4n) is 2.56. The van der Waals surface area contributed by atoms with E-state index in [1.165, 1.54) is 7.11 Å². The zero-order valence-corrected chi connectivity index (χ0v) is 17.0. The minimum Gasteiger partial charge on any atom is -0.490 e. The predicted octanol–water partition coefficient (Wildman–Crippen LogP) is 4.31. The largest absolute Gasteiger partial charge is 0.490 e. The summed E-state index contributed by atoms with van der Waals surface area (Å²) in [5.74, 6) is 1.03. The van der Waals surface area contributed by atoms with E-state index in [4.69, 9.17) is 14.2 Å². The second kappa shape index (κ2) is 10.8. The number of benzene rings is 2. The van der Waals surface area contributed by atoms with Crippen LogP contribution < -0.4 is 24.8 Å². The molecule has 0 spiro atoms. The van der Waals surface area contributed by atoms with E-state index in [0.717, 1.165) is 0 Å². The lowest BCUT2D eigenvalue weighted by Crippen LogP contribution is -2.19. The van der Waals surface area contributed by atoms with Crippen LogP contribution in [0, 0.1) is 0 Å². The molecule has 8 heteroatoms. The minimum absolute atomic E-state index is 0.396. The summed E-state index contributed by atoms with van der Waals surface area (Å²) in [5.41, 5.74) is 1.41. The molecule has 29 heavy (non-hydrogen) atoms. The molecule has 8 nitrogen and oxygen atoms in total. The van der Waals surface area contributed by atoms with E-state index in [1.54, 1.807) is 36.4 Å². The molecule has 0 unspecified atom stereocenters. The van der Waals surface area contributed by atoms with Crippen molar-refractivity contribution in [1.29, 1.82) is 0 Å². The molecule has 156 valence electrons. The van der Waals surface area contributed by atoms with Crippen molar-refractivity contribution in [2.24, 2.45) is 0 Å². The molecule has 0 atom stereocenters. The van der Waals surface area contributed by atoms with E-state index in [9.17, 15) is 9.59 Å². The van der Waals surface area contributed by atoms with Gasteiger partial charge in [-0.05, 0) is 45.0 Å². The van der Waals surface area contributed by atoms with Crippen molar-refractivity contribution in [2.45, 2.75) is 20.8 Å². The molecular formula is C21H26N2O6. The number of hydrogen-bond donors (Lipinski definition) is 2. The number of rotatable bonds is 9. The van der Waals surface area contributed by atoms with Crippen LogP contribution in [0.15, 0.2) is 36.4 Å². The normalized spacial score (nSPS) is 10.1. The van der Waals surface area contributed by atoms with Gasteiger partial charge in [0.05, 0.1) is 38.2 Å². The number of amides is 2. The van der Waals surface area contributed by atoms with Crippen molar-refractivity contribution in [1.82, 2.24) is 0 Å². The summed E-state index contributed by atoms with van der Waals surface area (Å²) in [6.07, 6.45) is 0. The number of hydrogen-bond acceptors (Lipinski definition) is 6. The number of esters is 1. The van der Waals surface area contributed by atoms with Gasteiger partial charge in [-0.25, -0.2) is 9.59 Å². The van der Waals surface area contributed by atoms with Gasteiger partial charge in [0, 0.05) is 17.8 Å². The fraction of sp³-hybridized carbons (Fsp3) is 0.333. The highest BCUT2D eigenvalue weighted by atomic mass is 16.5. The lowest BCUT2D eigenvalue weighted by Gasteiger charge is -2.17. The van der Waals surface area contributed by atoms with Gasteiger partial charge in [-0.2, -0.15) is 0 Å². The van der Waals surface area contributed by atoms with Crippen LogP contribution in [0.2, 0.25) is 0 Å². The zero-order valence-electron chi connectivity index (χ0n) is 17.0. The summed E-state index contributed by atoms with van der Waals surface area (Å²) in [4.78, 5) is 23.9. The van der Waals surface area contributed by atoms with Crippen molar-refractivity contribution in [3.8, 4) is 17.2 Å². The van der Waals surface area contributed by atoms with E-state index in [2.05, 4.69) is 15.4 Å². The Balaban J connectivity index is 2.17. The molecule has 2 aromatic carbocycles. The number of carbonyl (C=O) groups is 2. The Kier molecular flexibility index (Phi) is 8.14. The third kappa shape index (κ3) is 6.03. The summed E-state index contributed by atoms with van der Waals surface area (Å²) >= 11 is 0. The number of urea groups is 1. The predicted molar refractivity (Wildman–Crippen MR) is 110 cm³/mol. The summed E-state index contributed by atoms with van der Waals surface area (Å²) in [6.45, 7) is 6.93. The summed E-state index contributed by atoms with van der Waals surface area (Å²) < 4.78 is 21.6. The highest BCUT2D eigenvalue weighted by molar-refractivity contribution is 6.00. The van der Waals surface area contributed by atoms with E-state index >= 15 is 0 Å². The molecular weight excluding hydrogens is 376 g/mol. The molecule has 0 aliphatic heterocycles. The second-order valence-corrected chi connectivity index (χ2v) is 5.75. The highest BCUT2D eigenvalue weighted by Gasteiger charge is 2.16. The number of carbonyl (C=O) groups excluding carboxylic acids is 2. The van der Waals surface area contributed by atoms with E-state index in [1.807, 2.05) is 20.8 Å². The summed E-state index contributed by atoms with van der Waals surface area (Å²) in [5, 5.41) is 5.45. The molecule has 0 saturated carbocycles. The standard InChI is InChI=1S/C21H26N2O6/c1-5-27-17-12-16(13-18(28-6-2)19(17)29-7-3)23-21(25)22-15-10-8-14(9-11-15)20(24)26-4/h8-13H,5-7H2,1-4H3,(H2,22,23,25). The first-order valence-electron chi connectivity index (χ1n) is 9.35. The second-order valence-electron chi connectivity index (χ2n) is 5.75. The van der Waals surface area contributed by atoms with Crippen molar-refractivity contribution >= 4 is 23.4 Å². The van der Waals surface area contributed by atoms with Gasteiger partial charge in [-0.1, -0.05) is 0 Å². The molecule has 2 N–H and O–H groups in total. The number of nitrogens with one attached hydrogen (secondary N) is 2. The van der Waals surface area contributed by atoms with Gasteiger partial charge in [0.25, 0.3) is 0 Å². The van der Waals surface area contributed by atoms with Crippen molar-refractivity contribution in [2.75, 3.05) is 37.6 Å². The molecule has 0 radical (unpaired) electrons. The van der Waals surface area contributed by atoms with Gasteiger partial charge in [-0.3, -0.25) is 0 Å². The van der Waals surface area contributed by atoms with Gasteiger partial charge in [0.2, 0.25) is 5.75 Å². The van der Waals surface area contributed by atoms with Gasteiger partial charge in [0.15, 0.2) is 11.5 Å². The molecule has 2 aromatic rings. The average Bonchev–Trinajstić information content (AvgIpc) is 2.71. The van der Waals surface area contributed by atoms with Crippen LogP contribution >= 0.6 is 0 Å². The van der Waals surface area contributed by atoms with Gasteiger partial charge >= 0.3 is 12.0 Å². The van der Waals surface area contributed by atoms with Crippen LogP contribution in [0.4, 0.5) is 16.2 Å². The SMILES string of the molecule is CCOc1cc(NC(=O)Nc2ccc(C(=O)OC)cc2)cc(OCC)c1OCC. The first kappa shape index (κ1) is 21.9. The van der Waals surface area contributed by atoms with E-state index in [-0.39, 0.29) is 0 Å². The third-order valence-corrected chi connectivity index (χ3v) is 3.73. The van der Waals surface area contributed by atoms with Crippen molar-refractivity contribution < 1.29 is 28.5 Å². The van der Waals surface area contributed by atoms with Crippen LogP contribution in [-0.4, -0.2) is 38.9 Å². The highest BCUT2D eigenvalue weighted by Crippen LogP contribution is 2.40. The maximum atomic E-state index is 12.4. The first-order valence-corrected chi connectivity index (χ1v) is 9.35. The van der Waals surface area contributed by atoms with Crippen LogP contribution in [-0.2, 0) is 4.74 Å². The van der Waals surface area contributed by atoms with Crippen LogP contribution in [0.3, 0.4) is 0 Å². The lowest BCUT2D eigenvalue weighted by molar-refractivity contribution is 0.0600. The van der Waals surface area contributed by atoms with Gasteiger partial charge in [0.1, 0.15) is 0 Å². The quantitative estimate of drug-likeness (QED) is 0.607. The molecule has 0 aliphatic rings. The van der Waals surface area contributed by atoms with Gasteiger partial charge < -0.3 is 29.6 Å². The smallest absolute Gasteiger partial charge is 0.337 e. The minimum atomic E-state index is -0.454. The average molecular weight is 402 g/mol.